The second-order valence-corrected chi connectivity index (χ2v) is 18.0. The number of pyridine rings is 1. The standard InChI is InChI=1S/C32H12BF24.C19H15BrNO2/c34-25(35,36)13-1-14(26(37,38)39)6-21(5-13)33(22-7-15(27(40,41)42)2-16(8-22)28(43,44)45,23-9-17(29(46,47)48)3-18(10-23)30(49,50)51)24-11-19(31(52,53)54)4-20(12-24)32(55,56)57;20-12-18(22)17-11-10-14-6-4-5-9-16(14)21(17)13-19(23)15-7-2-1-3-8-15/h1-12H;1-11H,12-13H2/q-1;+1. The molecule has 0 aliphatic carbocycles. The smallest absolute Gasteiger partial charge is 0.287 e. The Bertz CT molecular complexity index is 3010. The number of carbonyl (C=O) groups excluding carboxylic acids is 2. The number of aromatic nitrogens is 1. The maximum atomic E-state index is 14.2. The van der Waals surface area contributed by atoms with Gasteiger partial charge in [0, 0.05) is 23.1 Å². The number of nitrogens with zero attached hydrogens (tertiary/aromatic N) is 1. The Morgan fingerprint density at radius 1 is 0.350 bits per heavy atom. The second-order valence-electron chi connectivity index (χ2n) is 17.4. The topological polar surface area (TPSA) is 38.0 Å². The zero-order chi connectivity index (χ0) is 60.1. The Morgan fingerprint density at radius 2 is 0.625 bits per heavy atom. The lowest BCUT2D eigenvalue weighted by Crippen LogP contribution is -2.75. The summed E-state index contributed by atoms with van der Waals surface area (Å²) >= 11 is 3.21. The molecule has 0 amide bonds. The van der Waals surface area contributed by atoms with Gasteiger partial charge in [0.25, 0.3) is 0 Å². The van der Waals surface area contributed by atoms with Crippen LogP contribution in [0.5, 0.6) is 0 Å². The summed E-state index contributed by atoms with van der Waals surface area (Å²) in [6.45, 7) is 0.138. The molecule has 0 saturated heterocycles. The van der Waals surface area contributed by atoms with Gasteiger partial charge < -0.3 is 0 Å². The van der Waals surface area contributed by atoms with Crippen molar-refractivity contribution < 1.29 is 120 Å². The molecule has 0 saturated carbocycles. The normalized spacial score (nSPS) is 13.3. The van der Waals surface area contributed by atoms with Crippen LogP contribution >= 0.6 is 15.9 Å². The van der Waals surface area contributed by atoms with Crippen molar-refractivity contribution in [1.82, 2.24) is 0 Å². The zero-order valence-electron chi connectivity index (χ0n) is 39.0. The van der Waals surface area contributed by atoms with Gasteiger partial charge in [0.1, 0.15) is 6.15 Å². The molecule has 0 radical (unpaired) electrons. The van der Waals surface area contributed by atoms with E-state index in [1.807, 2.05) is 48.5 Å². The summed E-state index contributed by atoms with van der Waals surface area (Å²) in [5.41, 5.74) is -28.2. The molecule has 0 aliphatic rings. The van der Waals surface area contributed by atoms with E-state index in [0.717, 1.165) is 10.9 Å². The molecule has 29 heteroatoms. The number of halogens is 25. The molecule has 80 heavy (non-hydrogen) atoms. The number of fused-ring (bicyclic) bond motifs is 1. The molecule has 0 N–H and O–H groups in total. The van der Waals surface area contributed by atoms with Crippen LogP contribution in [-0.4, -0.2) is 23.0 Å². The van der Waals surface area contributed by atoms with E-state index < -0.39 is 195 Å². The lowest BCUT2D eigenvalue weighted by atomic mass is 9.12. The fourth-order valence-corrected chi connectivity index (χ4v) is 8.96. The molecule has 7 aromatic rings. The van der Waals surface area contributed by atoms with Gasteiger partial charge >= 0.3 is 49.4 Å². The second kappa shape index (κ2) is 21.8. The van der Waals surface area contributed by atoms with Gasteiger partial charge in [-0.15, -0.1) is 0 Å². The number of hydrogen-bond donors (Lipinski definition) is 0. The van der Waals surface area contributed by atoms with E-state index in [4.69, 9.17) is 0 Å². The molecule has 426 valence electrons. The fraction of sp³-hybridized carbons (Fsp3) is 0.196. The van der Waals surface area contributed by atoms with Crippen LogP contribution in [0.15, 0.2) is 140 Å². The highest BCUT2D eigenvalue weighted by Crippen LogP contribution is 2.41. The number of rotatable bonds is 9. The minimum absolute atomic E-state index is 0.0180. The van der Waals surface area contributed by atoms with Crippen LogP contribution in [-0.2, 0) is 56.0 Å². The first-order valence-corrected chi connectivity index (χ1v) is 23.0. The molecule has 7 rings (SSSR count). The van der Waals surface area contributed by atoms with E-state index in [2.05, 4.69) is 15.9 Å². The summed E-state index contributed by atoms with van der Waals surface area (Å²) in [4.78, 5) is 24.8. The number of carbonyl (C=O) groups is 2. The predicted molar refractivity (Wildman–Crippen MR) is 243 cm³/mol. The third-order valence-corrected chi connectivity index (χ3v) is 12.7. The Labute approximate surface area is 441 Å². The average Bonchev–Trinajstić information content (AvgIpc) is 3.35. The predicted octanol–water partition coefficient (Wildman–Crippen LogP) is 14.8. The molecule has 3 nitrogen and oxygen atoms in total. The Hall–Kier alpha value is -7.07. The van der Waals surface area contributed by atoms with Crippen molar-refractivity contribution >= 4 is 66.4 Å². The Kier molecular flexibility index (Phi) is 16.9. The van der Waals surface area contributed by atoms with Crippen molar-refractivity contribution in [3.8, 4) is 0 Å². The van der Waals surface area contributed by atoms with Crippen LogP contribution in [0, 0.1) is 0 Å². The SMILES string of the molecule is FC(F)(F)c1cc([B-](c2cc(C(F)(F)F)cc(C(F)(F)F)c2)(c2cc(C(F)(F)F)cc(C(F)(F)F)c2)c2cc(C(F)(F)F)cc(C(F)(F)F)c2)cc(C(F)(F)F)c1.O=C(C[n+]1c(C(=O)CBr)ccc2ccccc21)c1ccccc1. The molecular weight excluding hydrogens is 1210 g/mol. The monoisotopic (exact) mass is 1230 g/mol. The zero-order valence-corrected chi connectivity index (χ0v) is 40.6. The van der Waals surface area contributed by atoms with Crippen LogP contribution in [0.1, 0.15) is 65.4 Å². The van der Waals surface area contributed by atoms with Gasteiger partial charge in [-0.1, -0.05) is 107 Å². The van der Waals surface area contributed by atoms with Crippen molar-refractivity contribution in [1.29, 1.82) is 0 Å². The minimum Gasteiger partial charge on any atom is -0.287 e. The van der Waals surface area contributed by atoms with Crippen molar-refractivity contribution in [3.05, 3.63) is 195 Å². The summed E-state index contributed by atoms with van der Waals surface area (Å²) in [6, 6.07) is 11.8. The van der Waals surface area contributed by atoms with Crippen molar-refractivity contribution in [2.75, 3.05) is 5.33 Å². The first-order chi connectivity index (χ1) is 36.5. The van der Waals surface area contributed by atoms with Gasteiger partial charge in [-0.05, 0) is 36.4 Å². The molecule has 1 heterocycles. The molecule has 0 aliphatic heterocycles. The van der Waals surface area contributed by atoms with Crippen LogP contribution in [0.3, 0.4) is 0 Å². The van der Waals surface area contributed by atoms with Gasteiger partial charge in [-0.3, -0.25) is 9.59 Å². The van der Waals surface area contributed by atoms with Gasteiger partial charge in [0.15, 0.2) is 0 Å². The molecule has 0 fully saturated rings. The average molecular weight is 1230 g/mol. The summed E-state index contributed by atoms with van der Waals surface area (Å²) < 4.78 is 343. The highest BCUT2D eigenvalue weighted by Gasteiger charge is 2.47. The highest BCUT2D eigenvalue weighted by molar-refractivity contribution is 9.09. The van der Waals surface area contributed by atoms with E-state index in [1.165, 1.54) is 0 Å². The number of Topliss-reactive ketones (excluding diaryl/α,β-unsaturated/α-hetero) is 2. The molecule has 0 spiro atoms. The number of hydrogen-bond acceptors (Lipinski definition) is 2. The summed E-state index contributed by atoms with van der Waals surface area (Å²) in [7, 11) is 0. The van der Waals surface area contributed by atoms with Gasteiger partial charge in [-0.25, -0.2) is 0 Å². The summed E-state index contributed by atoms with van der Waals surface area (Å²) in [6.07, 6.45) is -54.8. The number of para-hydroxylation sites is 1. The highest BCUT2D eigenvalue weighted by atomic mass is 79.9. The Balaban J connectivity index is 0.000000370. The number of alkyl halides is 25. The maximum Gasteiger partial charge on any atom is 0.416 e. The first kappa shape index (κ1) is 62.1. The summed E-state index contributed by atoms with van der Waals surface area (Å²) in [5.74, 6) is -0.0628. The third-order valence-electron chi connectivity index (χ3n) is 12.2. The first-order valence-electron chi connectivity index (χ1n) is 21.9. The van der Waals surface area contributed by atoms with Crippen molar-refractivity contribution in [2.24, 2.45) is 0 Å². The lowest BCUT2D eigenvalue weighted by Gasteiger charge is -2.46. The van der Waals surface area contributed by atoms with Crippen LogP contribution in [0.2, 0.25) is 0 Å². The molecule has 0 unspecified atom stereocenters. The largest absolute Gasteiger partial charge is 0.416 e. The molecular formula is C51H27BBrF24NO2. The van der Waals surface area contributed by atoms with Crippen LogP contribution in [0.25, 0.3) is 10.9 Å². The molecule has 0 bridgehead atoms. The molecule has 1 aromatic heterocycles. The van der Waals surface area contributed by atoms with E-state index in [9.17, 15) is 115 Å². The third kappa shape index (κ3) is 13.7. The van der Waals surface area contributed by atoms with Crippen LogP contribution < -0.4 is 26.4 Å². The fourth-order valence-electron chi connectivity index (χ4n) is 8.67. The quantitative estimate of drug-likeness (QED) is 0.0475. The minimum atomic E-state index is -6.13. The van der Waals surface area contributed by atoms with E-state index in [1.54, 1.807) is 22.8 Å². The van der Waals surface area contributed by atoms with Gasteiger partial charge in [0.05, 0.1) is 49.8 Å². The van der Waals surface area contributed by atoms with Crippen molar-refractivity contribution in [3.63, 3.8) is 0 Å². The van der Waals surface area contributed by atoms with E-state index in [0.29, 0.717) is 11.3 Å². The molecule has 0 atom stereocenters. The van der Waals surface area contributed by atoms with Crippen LogP contribution in [0.4, 0.5) is 105 Å². The maximum absolute atomic E-state index is 14.2. The lowest BCUT2D eigenvalue weighted by molar-refractivity contribution is -0.658. The molecule has 6 aromatic carbocycles. The summed E-state index contributed by atoms with van der Waals surface area (Å²) in [5, 5.41) is 1.23. The van der Waals surface area contributed by atoms with Gasteiger partial charge in [-0.2, -0.15) is 132 Å². The number of ketones is 2. The Morgan fingerprint density at radius 3 is 0.900 bits per heavy atom. The number of benzene rings is 6. The van der Waals surface area contributed by atoms with E-state index >= 15 is 0 Å². The van der Waals surface area contributed by atoms with Crippen molar-refractivity contribution in [2.45, 2.75) is 56.0 Å². The van der Waals surface area contributed by atoms with E-state index in [-0.39, 0.29) is 23.4 Å². The van der Waals surface area contributed by atoms with Gasteiger partial charge in [0.2, 0.25) is 29.3 Å².